The highest BCUT2D eigenvalue weighted by atomic mass is 16.5. The first-order chi connectivity index (χ1) is 16.1. The third-order valence-corrected chi connectivity index (χ3v) is 5.07. The number of aryl methyl sites for hydroxylation is 1. The Balaban J connectivity index is 1.49. The number of nitrogens with one attached hydrogen (secondary N) is 2. The first-order valence-corrected chi connectivity index (χ1v) is 11.1. The average molecular weight is 444 g/mol. The average Bonchev–Trinajstić information content (AvgIpc) is 2.83. The third-order valence-electron chi connectivity index (χ3n) is 5.07. The zero-order valence-electron chi connectivity index (χ0n) is 19.0. The van der Waals surface area contributed by atoms with Crippen LogP contribution in [0.15, 0.2) is 77.9 Å². The van der Waals surface area contributed by atoms with Crippen molar-refractivity contribution in [3.8, 4) is 5.75 Å². The Hall–Kier alpha value is -3.93. The highest BCUT2D eigenvalue weighted by molar-refractivity contribution is 6.05. The van der Waals surface area contributed by atoms with Gasteiger partial charge in [0.25, 0.3) is 11.8 Å². The van der Waals surface area contributed by atoms with E-state index in [4.69, 9.17) is 4.74 Å². The monoisotopic (exact) mass is 443 g/mol. The van der Waals surface area contributed by atoms with Gasteiger partial charge in [0.15, 0.2) is 0 Å². The lowest BCUT2D eigenvalue weighted by molar-refractivity contribution is 0.0954. The second-order valence-corrected chi connectivity index (χ2v) is 7.67. The molecule has 170 valence electrons. The minimum Gasteiger partial charge on any atom is -0.494 e. The number of hydrazone groups is 1. The Morgan fingerprint density at radius 2 is 1.64 bits per heavy atom. The largest absolute Gasteiger partial charge is 0.494 e. The molecule has 0 aromatic heterocycles. The van der Waals surface area contributed by atoms with Crippen LogP contribution in [0.25, 0.3) is 0 Å². The molecule has 0 aliphatic carbocycles. The van der Waals surface area contributed by atoms with Gasteiger partial charge in [-0.15, -0.1) is 0 Å². The molecule has 33 heavy (non-hydrogen) atoms. The van der Waals surface area contributed by atoms with E-state index >= 15 is 0 Å². The lowest BCUT2D eigenvalue weighted by Gasteiger charge is -2.08. The van der Waals surface area contributed by atoms with Gasteiger partial charge in [-0.25, -0.2) is 5.43 Å². The quantitative estimate of drug-likeness (QED) is 0.244. The number of hydrogen-bond donors (Lipinski definition) is 2. The number of ether oxygens (including phenoxy) is 1. The van der Waals surface area contributed by atoms with Crippen LogP contribution in [0.4, 0.5) is 5.69 Å². The Morgan fingerprint density at radius 1 is 0.909 bits per heavy atom. The molecule has 0 atom stereocenters. The maximum Gasteiger partial charge on any atom is 0.271 e. The van der Waals surface area contributed by atoms with Gasteiger partial charge in [0.1, 0.15) is 5.75 Å². The third kappa shape index (κ3) is 7.31. The van der Waals surface area contributed by atoms with Crippen molar-refractivity contribution in [2.24, 2.45) is 5.10 Å². The van der Waals surface area contributed by atoms with E-state index in [1.165, 1.54) is 6.42 Å². The predicted molar refractivity (Wildman–Crippen MR) is 132 cm³/mol. The lowest BCUT2D eigenvalue weighted by Crippen LogP contribution is -2.18. The Morgan fingerprint density at radius 3 is 2.33 bits per heavy atom. The summed E-state index contributed by atoms with van der Waals surface area (Å²) in [6.07, 6.45) is 4.95. The van der Waals surface area contributed by atoms with E-state index in [1.807, 2.05) is 49.4 Å². The fourth-order valence-electron chi connectivity index (χ4n) is 3.15. The number of carbonyl (C=O) groups excluding carboxylic acids is 2. The summed E-state index contributed by atoms with van der Waals surface area (Å²) < 4.78 is 5.69. The van der Waals surface area contributed by atoms with Crippen LogP contribution in [-0.2, 0) is 0 Å². The normalized spacial score (nSPS) is 10.7. The highest BCUT2D eigenvalue weighted by Crippen LogP contribution is 2.14. The van der Waals surface area contributed by atoms with E-state index < -0.39 is 0 Å². The summed E-state index contributed by atoms with van der Waals surface area (Å²) in [5.74, 6) is 0.299. The van der Waals surface area contributed by atoms with Crippen LogP contribution >= 0.6 is 0 Å². The van der Waals surface area contributed by atoms with Crippen molar-refractivity contribution in [1.29, 1.82) is 0 Å². The van der Waals surface area contributed by atoms with Gasteiger partial charge >= 0.3 is 0 Å². The van der Waals surface area contributed by atoms with Crippen molar-refractivity contribution in [1.82, 2.24) is 5.43 Å². The van der Waals surface area contributed by atoms with Crippen molar-refractivity contribution >= 4 is 23.7 Å². The molecule has 3 rings (SSSR count). The highest BCUT2D eigenvalue weighted by Gasteiger charge is 2.09. The Bertz CT molecular complexity index is 1090. The molecule has 0 aliphatic rings. The van der Waals surface area contributed by atoms with Crippen molar-refractivity contribution in [3.63, 3.8) is 0 Å². The second-order valence-electron chi connectivity index (χ2n) is 7.67. The number of benzene rings is 3. The zero-order chi connectivity index (χ0) is 23.5. The Kier molecular flexibility index (Phi) is 8.77. The van der Waals surface area contributed by atoms with Gasteiger partial charge in [-0.05, 0) is 79.1 Å². The molecule has 0 heterocycles. The fourth-order valence-corrected chi connectivity index (χ4v) is 3.15. The van der Waals surface area contributed by atoms with E-state index in [2.05, 4.69) is 22.8 Å². The van der Waals surface area contributed by atoms with Crippen molar-refractivity contribution in [2.75, 3.05) is 11.9 Å². The summed E-state index contributed by atoms with van der Waals surface area (Å²) >= 11 is 0. The number of anilines is 1. The van der Waals surface area contributed by atoms with Gasteiger partial charge in [-0.2, -0.15) is 5.10 Å². The molecule has 0 fully saturated rings. The predicted octanol–water partition coefficient (Wildman–Crippen LogP) is 5.58. The minimum atomic E-state index is -0.334. The summed E-state index contributed by atoms with van der Waals surface area (Å²) in [7, 11) is 0. The van der Waals surface area contributed by atoms with Crippen LogP contribution in [0.2, 0.25) is 0 Å². The summed E-state index contributed by atoms with van der Waals surface area (Å²) in [6, 6.07) is 21.6. The SMILES string of the molecule is CCCCCOc1ccc(/C=N/NC(=O)c2ccc(NC(=O)c3ccccc3C)cc2)cc1. The first kappa shape index (κ1) is 23.7. The number of hydrogen-bond acceptors (Lipinski definition) is 4. The van der Waals surface area contributed by atoms with E-state index in [-0.39, 0.29) is 11.8 Å². The molecule has 3 aromatic carbocycles. The van der Waals surface area contributed by atoms with Crippen LogP contribution < -0.4 is 15.5 Å². The molecule has 0 spiro atoms. The molecule has 0 saturated carbocycles. The van der Waals surface area contributed by atoms with Gasteiger partial charge in [0.05, 0.1) is 12.8 Å². The summed E-state index contributed by atoms with van der Waals surface area (Å²) in [5.41, 5.74) is 5.94. The van der Waals surface area contributed by atoms with Crippen LogP contribution in [0, 0.1) is 6.92 Å². The minimum absolute atomic E-state index is 0.188. The number of nitrogens with zero attached hydrogens (tertiary/aromatic N) is 1. The van der Waals surface area contributed by atoms with Gasteiger partial charge in [-0.3, -0.25) is 9.59 Å². The van der Waals surface area contributed by atoms with E-state index in [0.717, 1.165) is 29.7 Å². The molecule has 0 saturated heterocycles. The standard InChI is InChI=1S/C27H29N3O3/c1-3-4-7-18-33-24-16-10-21(11-17-24)19-28-30-26(31)22-12-14-23(15-13-22)29-27(32)25-9-6-5-8-20(25)2/h5-6,8-17,19H,3-4,7,18H2,1-2H3,(H,29,32)(H,30,31)/b28-19+. The summed E-state index contributed by atoms with van der Waals surface area (Å²) in [4.78, 5) is 24.7. The number of amides is 2. The van der Waals surface area contributed by atoms with E-state index in [1.54, 1.807) is 36.5 Å². The maximum absolute atomic E-state index is 12.4. The van der Waals surface area contributed by atoms with Crippen LogP contribution in [0.1, 0.15) is 58.0 Å². The molecule has 6 heteroatoms. The van der Waals surface area contributed by atoms with Gasteiger partial charge in [0.2, 0.25) is 0 Å². The molecule has 0 unspecified atom stereocenters. The number of rotatable bonds is 10. The molecule has 0 radical (unpaired) electrons. The lowest BCUT2D eigenvalue weighted by atomic mass is 10.1. The van der Waals surface area contributed by atoms with Gasteiger partial charge < -0.3 is 10.1 Å². The molecule has 2 amide bonds. The topological polar surface area (TPSA) is 79.8 Å². The zero-order valence-corrected chi connectivity index (χ0v) is 19.0. The molecule has 6 nitrogen and oxygen atoms in total. The van der Waals surface area contributed by atoms with Crippen LogP contribution in [0.3, 0.4) is 0 Å². The molecular formula is C27H29N3O3. The molecule has 2 N–H and O–H groups in total. The van der Waals surface area contributed by atoms with Gasteiger partial charge in [-0.1, -0.05) is 38.0 Å². The van der Waals surface area contributed by atoms with Crippen molar-refractivity contribution in [3.05, 3.63) is 95.1 Å². The fraction of sp³-hybridized carbons (Fsp3) is 0.222. The Labute approximate surface area is 194 Å². The molecule has 3 aromatic rings. The van der Waals surface area contributed by atoms with Gasteiger partial charge in [0, 0.05) is 16.8 Å². The van der Waals surface area contributed by atoms with E-state index in [0.29, 0.717) is 23.4 Å². The number of carbonyl (C=O) groups is 2. The molecular weight excluding hydrogens is 414 g/mol. The van der Waals surface area contributed by atoms with Crippen molar-refractivity contribution < 1.29 is 14.3 Å². The first-order valence-electron chi connectivity index (χ1n) is 11.1. The second kappa shape index (κ2) is 12.2. The van der Waals surface area contributed by atoms with Crippen LogP contribution in [0.5, 0.6) is 5.75 Å². The molecule has 0 bridgehead atoms. The maximum atomic E-state index is 12.4. The summed E-state index contributed by atoms with van der Waals surface area (Å²) in [6.45, 7) is 4.76. The number of unbranched alkanes of at least 4 members (excludes halogenated alkanes) is 2. The van der Waals surface area contributed by atoms with Crippen LogP contribution in [-0.4, -0.2) is 24.6 Å². The smallest absolute Gasteiger partial charge is 0.271 e. The summed E-state index contributed by atoms with van der Waals surface area (Å²) in [5, 5.41) is 6.86. The molecule has 0 aliphatic heterocycles. The van der Waals surface area contributed by atoms with Crippen molar-refractivity contribution in [2.45, 2.75) is 33.1 Å². The van der Waals surface area contributed by atoms with E-state index in [9.17, 15) is 9.59 Å².